The van der Waals surface area contributed by atoms with Crippen LogP contribution in [0.5, 0.6) is 11.5 Å². The van der Waals surface area contributed by atoms with E-state index in [2.05, 4.69) is 0 Å². The summed E-state index contributed by atoms with van der Waals surface area (Å²) in [5, 5.41) is 19.0. The van der Waals surface area contributed by atoms with Crippen LogP contribution in [0.2, 0.25) is 0 Å². The fourth-order valence-electron chi connectivity index (χ4n) is 1.32. The summed E-state index contributed by atoms with van der Waals surface area (Å²) < 4.78 is 10.2. The maximum atomic E-state index is 9.94. The van der Waals surface area contributed by atoms with E-state index in [0.717, 1.165) is 0 Å². The van der Waals surface area contributed by atoms with Gasteiger partial charge in [0, 0.05) is 5.56 Å². The van der Waals surface area contributed by atoms with Crippen molar-refractivity contribution < 1.29 is 19.7 Å². The van der Waals surface area contributed by atoms with Crippen molar-refractivity contribution in [2.24, 2.45) is 0 Å². The second-order valence-corrected chi connectivity index (χ2v) is 3.50. The molecule has 0 spiro atoms. The van der Waals surface area contributed by atoms with Crippen LogP contribution in [0, 0.1) is 0 Å². The average molecular weight is 212 g/mol. The van der Waals surface area contributed by atoms with E-state index < -0.39 is 5.60 Å². The molecule has 0 aliphatic heterocycles. The van der Waals surface area contributed by atoms with Crippen LogP contribution >= 0.6 is 0 Å². The molecule has 1 atom stereocenters. The van der Waals surface area contributed by atoms with E-state index >= 15 is 0 Å². The molecule has 0 saturated carbocycles. The van der Waals surface area contributed by atoms with Crippen LogP contribution in [0.15, 0.2) is 18.2 Å². The van der Waals surface area contributed by atoms with Gasteiger partial charge < -0.3 is 19.7 Å². The first-order valence-electron chi connectivity index (χ1n) is 4.61. The van der Waals surface area contributed by atoms with Crippen LogP contribution in [-0.4, -0.2) is 31.0 Å². The lowest BCUT2D eigenvalue weighted by Crippen LogP contribution is -2.26. The number of benzene rings is 1. The lowest BCUT2D eigenvalue weighted by atomic mass is 9.96. The van der Waals surface area contributed by atoms with Crippen LogP contribution in [0.4, 0.5) is 0 Å². The SMILES string of the molecule is COc1ccc(OC)c(C(C)(O)CO)c1. The Morgan fingerprint density at radius 3 is 2.40 bits per heavy atom. The third-order valence-corrected chi connectivity index (χ3v) is 2.29. The standard InChI is InChI=1S/C11H16O4/c1-11(13,7-12)9-6-8(14-2)4-5-10(9)15-3/h4-6,12-13H,7H2,1-3H3. The molecule has 1 unspecified atom stereocenters. The van der Waals surface area contributed by atoms with Crippen molar-refractivity contribution in [3.8, 4) is 11.5 Å². The van der Waals surface area contributed by atoms with E-state index in [4.69, 9.17) is 14.6 Å². The molecule has 0 aliphatic rings. The number of hydrogen-bond donors (Lipinski definition) is 2. The minimum Gasteiger partial charge on any atom is -0.497 e. The van der Waals surface area contributed by atoms with Gasteiger partial charge in [-0.2, -0.15) is 0 Å². The minimum atomic E-state index is -1.33. The highest BCUT2D eigenvalue weighted by Crippen LogP contribution is 2.32. The Bertz CT molecular complexity index is 333. The first kappa shape index (κ1) is 11.8. The predicted molar refractivity (Wildman–Crippen MR) is 56.2 cm³/mol. The molecular formula is C11H16O4. The van der Waals surface area contributed by atoms with Crippen molar-refractivity contribution >= 4 is 0 Å². The van der Waals surface area contributed by atoms with Gasteiger partial charge in [0.15, 0.2) is 0 Å². The van der Waals surface area contributed by atoms with E-state index in [0.29, 0.717) is 17.1 Å². The second kappa shape index (κ2) is 4.51. The molecule has 0 fully saturated rings. The molecule has 0 heterocycles. The highest BCUT2D eigenvalue weighted by molar-refractivity contribution is 5.43. The molecule has 15 heavy (non-hydrogen) atoms. The Kier molecular flexibility index (Phi) is 3.55. The molecule has 0 amide bonds. The van der Waals surface area contributed by atoms with Crippen LogP contribution in [-0.2, 0) is 5.60 Å². The Labute approximate surface area is 89.1 Å². The molecule has 84 valence electrons. The third-order valence-electron chi connectivity index (χ3n) is 2.29. The summed E-state index contributed by atoms with van der Waals surface area (Å²) in [7, 11) is 3.05. The van der Waals surface area contributed by atoms with E-state index in [1.807, 2.05) is 0 Å². The van der Waals surface area contributed by atoms with Gasteiger partial charge in [-0.25, -0.2) is 0 Å². The quantitative estimate of drug-likeness (QED) is 0.778. The first-order valence-corrected chi connectivity index (χ1v) is 4.61. The van der Waals surface area contributed by atoms with Gasteiger partial charge in [0.05, 0.1) is 20.8 Å². The van der Waals surface area contributed by atoms with Gasteiger partial charge in [-0.05, 0) is 25.1 Å². The van der Waals surface area contributed by atoms with Crippen molar-refractivity contribution in [1.29, 1.82) is 0 Å². The molecule has 1 rings (SSSR count). The zero-order chi connectivity index (χ0) is 11.5. The van der Waals surface area contributed by atoms with Crippen molar-refractivity contribution in [1.82, 2.24) is 0 Å². The summed E-state index contributed by atoms with van der Waals surface area (Å²) in [5.74, 6) is 1.13. The van der Waals surface area contributed by atoms with Gasteiger partial charge >= 0.3 is 0 Å². The average Bonchev–Trinajstić information content (AvgIpc) is 2.28. The molecule has 2 N–H and O–H groups in total. The number of aliphatic hydroxyl groups is 2. The summed E-state index contributed by atoms with van der Waals surface area (Å²) in [6.45, 7) is 1.14. The fraction of sp³-hybridized carbons (Fsp3) is 0.455. The normalized spacial score (nSPS) is 14.5. The van der Waals surface area contributed by atoms with E-state index in [1.165, 1.54) is 14.0 Å². The Hall–Kier alpha value is -1.26. The zero-order valence-electron chi connectivity index (χ0n) is 9.15. The summed E-state index contributed by atoms with van der Waals surface area (Å²) >= 11 is 0. The molecular weight excluding hydrogens is 196 g/mol. The van der Waals surface area contributed by atoms with E-state index in [9.17, 15) is 5.11 Å². The second-order valence-electron chi connectivity index (χ2n) is 3.50. The maximum absolute atomic E-state index is 9.94. The Morgan fingerprint density at radius 2 is 1.93 bits per heavy atom. The molecule has 0 saturated heterocycles. The van der Waals surface area contributed by atoms with Crippen molar-refractivity contribution in [3.63, 3.8) is 0 Å². The minimum absolute atomic E-state index is 0.378. The Morgan fingerprint density at radius 1 is 1.27 bits per heavy atom. The first-order chi connectivity index (χ1) is 7.05. The van der Waals surface area contributed by atoms with E-state index in [1.54, 1.807) is 25.3 Å². The van der Waals surface area contributed by atoms with Crippen molar-refractivity contribution in [3.05, 3.63) is 23.8 Å². The predicted octanol–water partition coefficient (Wildman–Crippen LogP) is 0.904. The summed E-state index contributed by atoms with van der Waals surface area (Å²) in [5.41, 5.74) is -0.827. The molecule has 0 aromatic heterocycles. The van der Waals surface area contributed by atoms with Gasteiger partial charge in [0.25, 0.3) is 0 Å². The number of hydrogen-bond acceptors (Lipinski definition) is 4. The lowest BCUT2D eigenvalue weighted by molar-refractivity contribution is -0.00417. The van der Waals surface area contributed by atoms with Crippen molar-refractivity contribution in [2.45, 2.75) is 12.5 Å². The molecule has 4 nitrogen and oxygen atoms in total. The number of rotatable bonds is 4. The number of aliphatic hydroxyl groups excluding tert-OH is 1. The van der Waals surface area contributed by atoms with Gasteiger partial charge in [-0.1, -0.05) is 0 Å². The Balaban J connectivity index is 3.23. The van der Waals surface area contributed by atoms with Crippen LogP contribution in [0.25, 0.3) is 0 Å². The van der Waals surface area contributed by atoms with Crippen molar-refractivity contribution in [2.75, 3.05) is 20.8 Å². The largest absolute Gasteiger partial charge is 0.497 e. The monoisotopic (exact) mass is 212 g/mol. The smallest absolute Gasteiger partial charge is 0.125 e. The van der Waals surface area contributed by atoms with Crippen LogP contribution < -0.4 is 9.47 Å². The molecule has 1 aromatic rings. The van der Waals surface area contributed by atoms with Gasteiger partial charge in [0.1, 0.15) is 17.1 Å². The molecule has 4 heteroatoms. The maximum Gasteiger partial charge on any atom is 0.125 e. The fourth-order valence-corrected chi connectivity index (χ4v) is 1.32. The topological polar surface area (TPSA) is 58.9 Å². The van der Waals surface area contributed by atoms with E-state index in [-0.39, 0.29) is 6.61 Å². The summed E-state index contributed by atoms with van der Waals surface area (Å²) in [6, 6.07) is 5.07. The van der Waals surface area contributed by atoms with Crippen LogP contribution in [0.3, 0.4) is 0 Å². The summed E-state index contributed by atoms with van der Waals surface area (Å²) in [6.07, 6.45) is 0. The highest BCUT2D eigenvalue weighted by Gasteiger charge is 2.26. The lowest BCUT2D eigenvalue weighted by Gasteiger charge is -2.23. The molecule has 0 bridgehead atoms. The highest BCUT2D eigenvalue weighted by atomic mass is 16.5. The third kappa shape index (κ3) is 2.40. The van der Waals surface area contributed by atoms with Gasteiger partial charge in [0.2, 0.25) is 0 Å². The molecule has 1 aromatic carbocycles. The van der Waals surface area contributed by atoms with Gasteiger partial charge in [-0.15, -0.1) is 0 Å². The molecule has 0 aliphatic carbocycles. The molecule has 0 radical (unpaired) electrons. The summed E-state index contributed by atoms with van der Waals surface area (Å²) in [4.78, 5) is 0. The number of methoxy groups -OCH3 is 2. The zero-order valence-corrected chi connectivity index (χ0v) is 9.15. The van der Waals surface area contributed by atoms with Crippen LogP contribution in [0.1, 0.15) is 12.5 Å². The van der Waals surface area contributed by atoms with Gasteiger partial charge in [-0.3, -0.25) is 0 Å². The number of ether oxygens (including phenoxy) is 2.